The molecule has 0 aromatic heterocycles. The molecule has 0 aromatic rings. The lowest BCUT2D eigenvalue weighted by atomic mass is 10.2. The van der Waals surface area contributed by atoms with Gasteiger partial charge in [-0.15, -0.1) is 4.40 Å². The van der Waals surface area contributed by atoms with Crippen molar-refractivity contribution in [2.24, 2.45) is 4.40 Å². The molecule has 0 N–H and O–H groups in total. The van der Waals surface area contributed by atoms with Crippen LogP contribution in [0.15, 0.2) is 28.3 Å². The SMILES string of the molecule is CC1CC(OC(=O)C2=CN3CCS(=O)(=O)N=C3C=C2)C(=O)O1. The number of hydrogen-bond acceptors (Lipinski definition) is 7. The van der Waals surface area contributed by atoms with Crippen LogP contribution in [-0.2, 0) is 29.1 Å². The molecular formula is C13H14N2O6S. The van der Waals surface area contributed by atoms with Crippen molar-refractivity contribution in [1.29, 1.82) is 0 Å². The minimum Gasteiger partial charge on any atom is -0.460 e. The Morgan fingerprint density at radius 3 is 2.91 bits per heavy atom. The van der Waals surface area contributed by atoms with E-state index in [-0.39, 0.29) is 29.8 Å². The Morgan fingerprint density at radius 2 is 2.23 bits per heavy atom. The highest BCUT2D eigenvalue weighted by Crippen LogP contribution is 2.21. The molecule has 9 heteroatoms. The highest BCUT2D eigenvalue weighted by Gasteiger charge is 2.36. The molecule has 3 aliphatic rings. The molecule has 0 saturated carbocycles. The van der Waals surface area contributed by atoms with Crippen molar-refractivity contribution in [3.63, 3.8) is 0 Å². The number of esters is 2. The van der Waals surface area contributed by atoms with Crippen LogP contribution in [0.3, 0.4) is 0 Å². The van der Waals surface area contributed by atoms with Crippen molar-refractivity contribution in [1.82, 2.24) is 4.90 Å². The van der Waals surface area contributed by atoms with Gasteiger partial charge in [0, 0.05) is 19.2 Å². The lowest BCUT2D eigenvalue weighted by Crippen LogP contribution is -2.37. The summed E-state index contributed by atoms with van der Waals surface area (Å²) in [5.74, 6) is -1.06. The summed E-state index contributed by atoms with van der Waals surface area (Å²) in [5, 5.41) is 0. The smallest absolute Gasteiger partial charge is 0.347 e. The minimum absolute atomic E-state index is 0.115. The van der Waals surface area contributed by atoms with Crippen LogP contribution in [-0.4, -0.2) is 55.6 Å². The second-order valence-corrected chi connectivity index (χ2v) is 6.98. The first kappa shape index (κ1) is 14.8. The van der Waals surface area contributed by atoms with Crippen LogP contribution in [0.25, 0.3) is 0 Å². The van der Waals surface area contributed by atoms with Gasteiger partial charge in [-0.1, -0.05) is 0 Å². The molecule has 22 heavy (non-hydrogen) atoms. The first-order chi connectivity index (χ1) is 10.3. The first-order valence-corrected chi connectivity index (χ1v) is 8.36. The molecule has 1 saturated heterocycles. The summed E-state index contributed by atoms with van der Waals surface area (Å²) in [4.78, 5) is 25.1. The van der Waals surface area contributed by atoms with Gasteiger partial charge in [-0.2, -0.15) is 0 Å². The first-order valence-electron chi connectivity index (χ1n) is 6.75. The molecule has 0 bridgehead atoms. The Kier molecular flexibility index (Phi) is 3.51. The van der Waals surface area contributed by atoms with Gasteiger partial charge in [-0.3, -0.25) is 0 Å². The molecule has 2 atom stereocenters. The Morgan fingerprint density at radius 1 is 1.45 bits per heavy atom. The molecule has 3 aliphatic heterocycles. The fraction of sp³-hybridized carbons (Fsp3) is 0.462. The number of ether oxygens (including phenoxy) is 2. The molecule has 0 radical (unpaired) electrons. The Hall–Kier alpha value is -2.16. The monoisotopic (exact) mass is 326 g/mol. The molecule has 0 amide bonds. The lowest BCUT2D eigenvalue weighted by Gasteiger charge is -2.26. The molecule has 8 nitrogen and oxygen atoms in total. The maximum atomic E-state index is 12.1. The molecule has 3 rings (SSSR count). The molecule has 118 valence electrons. The number of carbonyl (C=O) groups is 2. The largest absolute Gasteiger partial charge is 0.460 e. The lowest BCUT2D eigenvalue weighted by molar-refractivity contribution is -0.158. The third kappa shape index (κ3) is 2.89. The van der Waals surface area contributed by atoms with Crippen molar-refractivity contribution in [3.05, 3.63) is 23.9 Å². The number of hydrogen-bond donors (Lipinski definition) is 0. The summed E-state index contributed by atoms with van der Waals surface area (Å²) < 4.78 is 36.5. The van der Waals surface area contributed by atoms with E-state index in [1.54, 1.807) is 11.8 Å². The predicted octanol–water partition coefficient (Wildman–Crippen LogP) is -0.269. The van der Waals surface area contributed by atoms with Gasteiger partial charge >= 0.3 is 11.9 Å². The number of sulfonamides is 1. The summed E-state index contributed by atoms with van der Waals surface area (Å²) in [6.45, 7) is 1.94. The maximum Gasteiger partial charge on any atom is 0.347 e. The maximum absolute atomic E-state index is 12.1. The van der Waals surface area contributed by atoms with Crippen LogP contribution in [0, 0.1) is 0 Å². The van der Waals surface area contributed by atoms with Gasteiger partial charge in [-0.05, 0) is 19.1 Å². The van der Waals surface area contributed by atoms with Gasteiger partial charge in [-0.25, -0.2) is 18.0 Å². The summed E-state index contributed by atoms with van der Waals surface area (Å²) in [6, 6.07) is 0. The summed E-state index contributed by atoms with van der Waals surface area (Å²) >= 11 is 0. The van der Waals surface area contributed by atoms with Crippen molar-refractivity contribution in [2.75, 3.05) is 12.3 Å². The quantitative estimate of drug-likeness (QED) is 0.644. The van der Waals surface area contributed by atoms with Gasteiger partial charge < -0.3 is 14.4 Å². The molecule has 1 fully saturated rings. The van der Waals surface area contributed by atoms with Crippen LogP contribution < -0.4 is 0 Å². The summed E-state index contributed by atoms with van der Waals surface area (Å²) in [7, 11) is -3.43. The van der Waals surface area contributed by atoms with E-state index in [1.807, 2.05) is 0 Å². The van der Waals surface area contributed by atoms with E-state index < -0.39 is 28.1 Å². The second kappa shape index (κ2) is 5.24. The normalized spacial score (nSPS) is 29.3. The third-order valence-corrected chi connectivity index (χ3v) is 4.60. The van der Waals surface area contributed by atoms with Crippen LogP contribution in [0.2, 0.25) is 0 Å². The standard InChI is InChI=1S/C13H14N2O6S/c1-8-6-10(13(17)20-8)21-12(16)9-2-3-11-14-22(18,19)5-4-15(11)7-9/h2-3,7-8,10H,4-6H2,1H3. The van der Waals surface area contributed by atoms with Crippen LogP contribution in [0.4, 0.5) is 0 Å². The number of amidine groups is 1. The van der Waals surface area contributed by atoms with E-state index in [4.69, 9.17) is 9.47 Å². The topological polar surface area (TPSA) is 102 Å². The fourth-order valence-corrected chi connectivity index (χ4v) is 3.30. The number of cyclic esters (lactones) is 1. The average Bonchev–Trinajstić information content (AvgIpc) is 2.75. The van der Waals surface area contributed by atoms with Gasteiger partial charge in [0.1, 0.15) is 11.9 Å². The number of carbonyl (C=O) groups excluding carboxylic acids is 2. The average molecular weight is 326 g/mol. The molecule has 0 aliphatic carbocycles. The number of rotatable bonds is 2. The van der Waals surface area contributed by atoms with Crippen molar-refractivity contribution < 1.29 is 27.5 Å². The predicted molar refractivity (Wildman–Crippen MR) is 75.2 cm³/mol. The number of nitrogens with zero attached hydrogens (tertiary/aromatic N) is 2. The van der Waals surface area contributed by atoms with E-state index in [9.17, 15) is 18.0 Å². The van der Waals surface area contributed by atoms with Crippen LogP contribution >= 0.6 is 0 Å². The van der Waals surface area contributed by atoms with Gasteiger partial charge in [0.05, 0.1) is 11.3 Å². The van der Waals surface area contributed by atoms with E-state index in [1.165, 1.54) is 18.4 Å². The van der Waals surface area contributed by atoms with E-state index in [2.05, 4.69) is 4.40 Å². The number of fused-ring (bicyclic) bond motifs is 1. The van der Waals surface area contributed by atoms with Crippen LogP contribution in [0.1, 0.15) is 13.3 Å². The zero-order valence-corrected chi connectivity index (χ0v) is 12.6. The summed E-state index contributed by atoms with van der Waals surface area (Å²) in [6.07, 6.45) is 3.49. The minimum atomic E-state index is -3.43. The zero-order valence-electron chi connectivity index (χ0n) is 11.8. The zero-order chi connectivity index (χ0) is 15.9. The molecule has 0 spiro atoms. The second-order valence-electron chi connectivity index (χ2n) is 5.22. The van der Waals surface area contributed by atoms with Crippen LogP contribution in [0.5, 0.6) is 0 Å². The van der Waals surface area contributed by atoms with Crippen molar-refractivity contribution >= 4 is 27.8 Å². The molecule has 2 unspecified atom stereocenters. The fourth-order valence-electron chi connectivity index (χ4n) is 2.34. The Bertz CT molecular complexity index is 721. The molecular weight excluding hydrogens is 312 g/mol. The van der Waals surface area contributed by atoms with Crippen molar-refractivity contribution in [2.45, 2.75) is 25.6 Å². The van der Waals surface area contributed by atoms with Gasteiger partial charge in [0.25, 0.3) is 10.0 Å². The van der Waals surface area contributed by atoms with E-state index in [0.29, 0.717) is 6.42 Å². The van der Waals surface area contributed by atoms with E-state index >= 15 is 0 Å². The Balaban J connectivity index is 1.72. The summed E-state index contributed by atoms with van der Waals surface area (Å²) in [5.41, 5.74) is 0.227. The highest BCUT2D eigenvalue weighted by molar-refractivity contribution is 7.90. The third-order valence-electron chi connectivity index (χ3n) is 3.44. The van der Waals surface area contributed by atoms with Crippen molar-refractivity contribution in [3.8, 4) is 0 Å². The van der Waals surface area contributed by atoms with Gasteiger partial charge in [0.2, 0.25) is 6.10 Å². The van der Waals surface area contributed by atoms with Gasteiger partial charge in [0.15, 0.2) is 0 Å². The molecule has 0 aromatic carbocycles. The highest BCUT2D eigenvalue weighted by atomic mass is 32.2. The molecule has 3 heterocycles. The Labute approximate surface area is 127 Å². The van der Waals surface area contributed by atoms with E-state index in [0.717, 1.165) is 0 Å².